The van der Waals surface area contributed by atoms with E-state index >= 15 is 0 Å². The van der Waals surface area contributed by atoms with Gasteiger partial charge >= 0.3 is 6.09 Å². The van der Waals surface area contributed by atoms with E-state index in [2.05, 4.69) is 29.7 Å². The minimum Gasteiger partial charge on any atom is -0.444 e. The average molecular weight is 304 g/mol. The number of hydrogen-bond donors (Lipinski definition) is 2. The SMILES string of the molecule is Cc1cc(C2CCCNC2)cc(NC(=O)OC(C)(C)C)c1C. The van der Waals surface area contributed by atoms with Crippen molar-refractivity contribution in [2.24, 2.45) is 0 Å². The Labute approximate surface area is 133 Å². The summed E-state index contributed by atoms with van der Waals surface area (Å²) in [6.07, 6.45) is 2.00. The summed E-state index contributed by atoms with van der Waals surface area (Å²) < 4.78 is 5.36. The molecule has 0 radical (unpaired) electrons. The van der Waals surface area contributed by atoms with E-state index in [0.29, 0.717) is 5.92 Å². The van der Waals surface area contributed by atoms with Crippen LogP contribution in [-0.4, -0.2) is 24.8 Å². The Morgan fingerprint density at radius 2 is 2.05 bits per heavy atom. The Hall–Kier alpha value is -1.55. The molecule has 0 spiro atoms. The van der Waals surface area contributed by atoms with Crippen molar-refractivity contribution < 1.29 is 9.53 Å². The summed E-state index contributed by atoms with van der Waals surface area (Å²) in [6.45, 7) is 11.8. The maximum atomic E-state index is 12.0. The molecule has 1 atom stereocenters. The predicted molar refractivity (Wildman–Crippen MR) is 90.6 cm³/mol. The fraction of sp³-hybridized carbons (Fsp3) is 0.611. The highest BCUT2D eigenvalue weighted by Crippen LogP contribution is 2.29. The molecule has 4 heteroatoms. The zero-order chi connectivity index (χ0) is 16.3. The van der Waals surface area contributed by atoms with Crippen LogP contribution in [0.4, 0.5) is 10.5 Å². The smallest absolute Gasteiger partial charge is 0.412 e. The van der Waals surface area contributed by atoms with Crippen molar-refractivity contribution >= 4 is 11.8 Å². The molecule has 122 valence electrons. The number of carbonyl (C=O) groups is 1. The van der Waals surface area contributed by atoms with E-state index < -0.39 is 11.7 Å². The number of anilines is 1. The van der Waals surface area contributed by atoms with Crippen LogP contribution in [0.5, 0.6) is 0 Å². The van der Waals surface area contributed by atoms with Crippen LogP contribution >= 0.6 is 0 Å². The van der Waals surface area contributed by atoms with Crippen LogP contribution in [-0.2, 0) is 4.74 Å². The van der Waals surface area contributed by atoms with Gasteiger partial charge in [0, 0.05) is 12.2 Å². The van der Waals surface area contributed by atoms with Crippen LogP contribution in [0, 0.1) is 13.8 Å². The van der Waals surface area contributed by atoms with Gasteiger partial charge < -0.3 is 10.1 Å². The monoisotopic (exact) mass is 304 g/mol. The predicted octanol–water partition coefficient (Wildman–Crippen LogP) is 4.12. The van der Waals surface area contributed by atoms with E-state index in [1.807, 2.05) is 27.7 Å². The Kier molecular flexibility index (Phi) is 5.12. The lowest BCUT2D eigenvalue weighted by molar-refractivity contribution is 0.0636. The zero-order valence-corrected chi connectivity index (χ0v) is 14.4. The lowest BCUT2D eigenvalue weighted by Gasteiger charge is -2.25. The molecule has 0 bridgehead atoms. The van der Waals surface area contributed by atoms with Gasteiger partial charge in [-0.05, 0) is 82.7 Å². The number of piperidine rings is 1. The van der Waals surface area contributed by atoms with E-state index in [1.54, 1.807) is 0 Å². The van der Waals surface area contributed by atoms with Crippen LogP contribution in [0.1, 0.15) is 56.2 Å². The number of rotatable bonds is 2. The van der Waals surface area contributed by atoms with Gasteiger partial charge in [-0.15, -0.1) is 0 Å². The van der Waals surface area contributed by atoms with Gasteiger partial charge in [-0.25, -0.2) is 4.79 Å². The molecule has 1 heterocycles. The number of amides is 1. The summed E-state index contributed by atoms with van der Waals surface area (Å²) in [5, 5.41) is 6.35. The van der Waals surface area contributed by atoms with Gasteiger partial charge in [0.2, 0.25) is 0 Å². The first-order valence-corrected chi connectivity index (χ1v) is 8.08. The largest absolute Gasteiger partial charge is 0.444 e. The summed E-state index contributed by atoms with van der Waals surface area (Å²) in [7, 11) is 0. The Balaban J connectivity index is 2.19. The molecule has 1 saturated heterocycles. The Morgan fingerprint density at radius 3 is 2.64 bits per heavy atom. The highest BCUT2D eigenvalue weighted by molar-refractivity contribution is 5.86. The molecular formula is C18H28N2O2. The van der Waals surface area contributed by atoms with Crippen molar-refractivity contribution in [1.82, 2.24) is 5.32 Å². The van der Waals surface area contributed by atoms with Crippen molar-refractivity contribution in [1.29, 1.82) is 0 Å². The highest BCUT2D eigenvalue weighted by Gasteiger charge is 2.20. The highest BCUT2D eigenvalue weighted by atomic mass is 16.6. The van der Waals surface area contributed by atoms with Gasteiger partial charge in [-0.1, -0.05) is 6.07 Å². The molecule has 1 fully saturated rings. The van der Waals surface area contributed by atoms with E-state index in [0.717, 1.165) is 24.3 Å². The van der Waals surface area contributed by atoms with Crippen LogP contribution in [0.15, 0.2) is 12.1 Å². The molecule has 1 aromatic carbocycles. The molecule has 1 aromatic rings. The average Bonchev–Trinajstić information content (AvgIpc) is 2.42. The molecule has 1 unspecified atom stereocenters. The van der Waals surface area contributed by atoms with Gasteiger partial charge in [0.15, 0.2) is 0 Å². The number of ether oxygens (including phenoxy) is 1. The van der Waals surface area contributed by atoms with E-state index in [1.165, 1.54) is 24.0 Å². The van der Waals surface area contributed by atoms with Crippen molar-refractivity contribution in [2.75, 3.05) is 18.4 Å². The minimum absolute atomic E-state index is 0.395. The maximum Gasteiger partial charge on any atom is 0.412 e. The van der Waals surface area contributed by atoms with Crippen molar-refractivity contribution in [3.63, 3.8) is 0 Å². The van der Waals surface area contributed by atoms with Crippen molar-refractivity contribution in [3.8, 4) is 0 Å². The number of hydrogen-bond acceptors (Lipinski definition) is 3. The standard InChI is InChI=1S/C18H28N2O2/c1-12-9-15(14-7-6-8-19-11-14)10-16(13(12)2)20-17(21)22-18(3,4)5/h9-10,14,19H,6-8,11H2,1-5H3,(H,20,21). The maximum absolute atomic E-state index is 12.0. The van der Waals surface area contributed by atoms with Gasteiger partial charge in [-0.3, -0.25) is 5.32 Å². The van der Waals surface area contributed by atoms with Gasteiger partial charge in [-0.2, -0.15) is 0 Å². The number of benzene rings is 1. The third-order valence-corrected chi connectivity index (χ3v) is 4.09. The molecule has 2 N–H and O–H groups in total. The molecule has 2 rings (SSSR count). The lowest BCUT2D eigenvalue weighted by Crippen LogP contribution is -2.29. The second kappa shape index (κ2) is 6.69. The molecule has 1 aliphatic heterocycles. The second-order valence-corrected chi connectivity index (χ2v) is 7.18. The van der Waals surface area contributed by atoms with Crippen LogP contribution in [0.2, 0.25) is 0 Å². The minimum atomic E-state index is -0.488. The topological polar surface area (TPSA) is 50.4 Å². The number of aryl methyl sites for hydroxylation is 1. The molecule has 0 aliphatic carbocycles. The fourth-order valence-corrected chi connectivity index (χ4v) is 2.80. The normalized spacial score (nSPS) is 18.9. The van der Waals surface area contributed by atoms with E-state index in [9.17, 15) is 4.79 Å². The first kappa shape index (κ1) is 16.8. The number of carbonyl (C=O) groups excluding carboxylic acids is 1. The summed E-state index contributed by atoms with van der Waals surface area (Å²) >= 11 is 0. The lowest BCUT2D eigenvalue weighted by atomic mass is 9.89. The molecule has 4 nitrogen and oxygen atoms in total. The van der Waals surface area contributed by atoms with E-state index in [4.69, 9.17) is 4.74 Å². The third kappa shape index (κ3) is 4.47. The second-order valence-electron chi connectivity index (χ2n) is 7.18. The van der Waals surface area contributed by atoms with Gasteiger partial charge in [0.1, 0.15) is 5.60 Å². The first-order chi connectivity index (χ1) is 10.3. The zero-order valence-electron chi connectivity index (χ0n) is 14.4. The molecular weight excluding hydrogens is 276 g/mol. The summed E-state index contributed by atoms with van der Waals surface area (Å²) in [5.74, 6) is 0.521. The third-order valence-electron chi connectivity index (χ3n) is 4.09. The Bertz CT molecular complexity index is 541. The van der Waals surface area contributed by atoms with Gasteiger partial charge in [0.05, 0.1) is 0 Å². The summed E-state index contributed by atoms with van der Waals surface area (Å²) in [4.78, 5) is 12.0. The van der Waals surface area contributed by atoms with E-state index in [-0.39, 0.29) is 0 Å². The molecule has 0 aromatic heterocycles. The van der Waals surface area contributed by atoms with Crippen LogP contribution in [0.3, 0.4) is 0 Å². The van der Waals surface area contributed by atoms with Gasteiger partial charge in [0.25, 0.3) is 0 Å². The molecule has 1 amide bonds. The summed E-state index contributed by atoms with van der Waals surface area (Å²) in [5.41, 5.74) is 3.96. The first-order valence-electron chi connectivity index (χ1n) is 8.08. The van der Waals surface area contributed by atoms with Crippen molar-refractivity contribution in [3.05, 3.63) is 28.8 Å². The molecule has 0 saturated carbocycles. The number of nitrogens with one attached hydrogen (secondary N) is 2. The van der Waals surface area contributed by atoms with Crippen LogP contribution in [0.25, 0.3) is 0 Å². The quantitative estimate of drug-likeness (QED) is 0.864. The van der Waals surface area contributed by atoms with Crippen LogP contribution < -0.4 is 10.6 Å². The summed E-state index contributed by atoms with van der Waals surface area (Å²) in [6, 6.07) is 4.34. The Morgan fingerprint density at radius 1 is 1.32 bits per heavy atom. The van der Waals surface area contributed by atoms with Crippen molar-refractivity contribution in [2.45, 2.75) is 59.0 Å². The molecule has 1 aliphatic rings. The fourth-order valence-electron chi connectivity index (χ4n) is 2.80. The molecule has 22 heavy (non-hydrogen) atoms.